The molecule has 1 aromatic rings. The van der Waals surface area contributed by atoms with E-state index >= 15 is 0 Å². The van der Waals surface area contributed by atoms with Crippen molar-refractivity contribution in [1.82, 2.24) is 5.32 Å². The average molecular weight is 346 g/mol. The minimum Gasteiger partial charge on any atom is -0.493 e. The van der Waals surface area contributed by atoms with E-state index in [2.05, 4.69) is 26.0 Å². The van der Waals surface area contributed by atoms with E-state index in [9.17, 15) is 4.79 Å². The van der Waals surface area contributed by atoms with E-state index < -0.39 is 0 Å². The van der Waals surface area contributed by atoms with Gasteiger partial charge in [-0.3, -0.25) is 4.79 Å². The van der Waals surface area contributed by atoms with Crippen LogP contribution in [0.15, 0.2) is 16.6 Å². The Kier molecular flexibility index (Phi) is 7.40. The van der Waals surface area contributed by atoms with Crippen molar-refractivity contribution in [2.45, 2.75) is 19.9 Å². The highest BCUT2D eigenvalue weighted by atomic mass is 79.9. The molecule has 112 valence electrons. The molecule has 0 aliphatic rings. The highest BCUT2D eigenvalue weighted by molar-refractivity contribution is 9.10. The second-order valence-corrected chi connectivity index (χ2v) is 4.90. The van der Waals surface area contributed by atoms with Crippen LogP contribution >= 0.6 is 15.9 Å². The molecular weight excluding hydrogens is 326 g/mol. The maximum Gasteiger partial charge on any atom is 0.306 e. The number of rotatable bonds is 8. The van der Waals surface area contributed by atoms with E-state index in [4.69, 9.17) is 9.47 Å². The summed E-state index contributed by atoms with van der Waals surface area (Å²) in [5, 5.41) is 3.18. The summed E-state index contributed by atoms with van der Waals surface area (Å²) >= 11 is 3.48. The fraction of sp³-hybridized carbons (Fsp3) is 0.500. The molecule has 0 aromatic heterocycles. The highest BCUT2D eigenvalue weighted by Crippen LogP contribution is 2.36. The molecule has 20 heavy (non-hydrogen) atoms. The van der Waals surface area contributed by atoms with Crippen molar-refractivity contribution in [2.24, 2.45) is 0 Å². The lowest BCUT2D eigenvalue weighted by Gasteiger charge is -2.13. The molecule has 0 saturated heterocycles. The summed E-state index contributed by atoms with van der Waals surface area (Å²) in [5.74, 6) is 1.17. The number of benzene rings is 1. The van der Waals surface area contributed by atoms with Crippen molar-refractivity contribution < 1.29 is 19.0 Å². The normalized spacial score (nSPS) is 10.2. The van der Waals surface area contributed by atoms with Crippen molar-refractivity contribution in [3.63, 3.8) is 0 Å². The summed E-state index contributed by atoms with van der Waals surface area (Å²) in [6, 6.07) is 3.89. The third-order valence-corrected chi connectivity index (χ3v) is 3.23. The summed E-state index contributed by atoms with van der Waals surface area (Å²) in [7, 11) is 3.00. The number of ether oxygens (including phenoxy) is 3. The molecule has 1 N–H and O–H groups in total. The van der Waals surface area contributed by atoms with Crippen LogP contribution in [0.2, 0.25) is 0 Å². The first-order valence-electron chi connectivity index (χ1n) is 6.39. The average Bonchev–Trinajstić information content (AvgIpc) is 2.45. The van der Waals surface area contributed by atoms with Crippen LogP contribution in [0.25, 0.3) is 0 Å². The van der Waals surface area contributed by atoms with Gasteiger partial charge in [0.2, 0.25) is 0 Å². The van der Waals surface area contributed by atoms with Crippen molar-refractivity contribution in [3.05, 3.63) is 22.2 Å². The van der Waals surface area contributed by atoms with Gasteiger partial charge in [-0.1, -0.05) is 0 Å². The largest absolute Gasteiger partial charge is 0.493 e. The Morgan fingerprint density at radius 2 is 2.10 bits per heavy atom. The topological polar surface area (TPSA) is 56.8 Å². The Labute approximate surface area is 127 Å². The second-order valence-electron chi connectivity index (χ2n) is 4.04. The van der Waals surface area contributed by atoms with E-state index in [1.165, 1.54) is 7.11 Å². The van der Waals surface area contributed by atoms with Crippen LogP contribution in [0.3, 0.4) is 0 Å². The van der Waals surface area contributed by atoms with E-state index in [0.29, 0.717) is 37.6 Å². The van der Waals surface area contributed by atoms with Gasteiger partial charge in [0.05, 0.1) is 31.7 Å². The van der Waals surface area contributed by atoms with Gasteiger partial charge >= 0.3 is 5.97 Å². The van der Waals surface area contributed by atoms with Crippen LogP contribution in [0.5, 0.6) is 11.5 Å². The van der Waals surface area contributed by atoms with Gasteiger partial charge in [0.25, 0.3) is 0 Å². The van der Waals surface area contributed by atoms with E-state index in [0.717, 1.165) is 10.0 Å². The molecule has 0 heterocycles. The lowest BCUT2D eigenvalue weighted by Crippen LogP contribution is -2.18. The molecule has 0 bridgehead atoms. The molecule has 6 heteroatoms. The van der Waals surface area contributed by atoms with Crippen molar-refractivity contribution >= 4 is 21.9 Å². The van der Waals surface area contributed by atoms with Gasteiger partial charge in [-0.2, -0.15) is 0 Å². The predicted octanol–water partition coefficient (Wildman–Crippen LogP) is 2.51. The zero-order valence-corrected chi connectivity index (χ0v) is 13.6. The smallest absolute Gasteiger partial charge is 0.306 e. The number of esters is 1. The number of nitrogens with one attached hydrogen (secondary N) is 1. The lowest BCUT2D eigenvalue weighted by atomic mass is 10.2. The van der Waals surface area contributed by atoms with E-state index in [1.54, 1.807) is 7.11 Å². The number of hydrogen-bond donors (Lipinski definition) is 1. The molecule has 0 radical (unpaired) electrons. The Morgan fingerprint density at radius 3 is 2.70 bits per heavy atom. The fourth-order valence-corrected chi connectivity index (χ4v) is 2.29. The molecule has 1 aromatic carbocycles. The zero-order valence-electron chi connectivity index (χ0n) is 12.0. The minimum absolute atomic E-state index is 0.219. The van der Waals surface area contributed by atoms with Gasteiger partial charge in [-0.25, -0.2) is 0 Å². The number of carbonyl (C=O) groups is 1. The van der Waals surface area contributed by atoms with Crippen LogP contribution < -0.4 is 14.8 Å². The maximum absolute atomic E-state index is 11.0. The van der Waals surface area contributed by atoms with Crippen molar-refractivity contribution in [3.8, 4) is 11.5 Å². The molecule has 0 aliphatic carbocycles. The van der Waals surface area contributed by atoms with Crippen molar-refractivity contribution in [1.29, 1.82) is 0 Å². The monoisotopic (exact) mass is 345 g/mol. The number of hydrogen-bond acceptors (Lipinski definition) is 5. The molecule has 0 fully saturated rings. The van der Waals surface area contributed by atoms with E-state index in [1.807, 2.05) is 19.1 Å². The summed E-state index contributed by atoms with van der Waals surface area (Å²) in [4.78, 5) is 11.0. The van der Waals surface area contributed by atoms with Crippen LogP contribution in [0.4, 0.5) is 0 Å². The van der Waals surface area contributed by atoms with Gasteiger partial charge in [0.1, 0.15) is 0 Å². The molecule has 0 amide bonds. The minimum atomic E-state index is -0.219. The summed E-state index contributed by atoms with van der Waals surface area (Å²) < 4.78 is 16.3. The van der Waals surface area contributed by atoms with Gasteiger partial charge in [-0.05, 0) is 40.5 Å². The Hall–Kier alpha value is -1.27. The first-order chi connectivity index (χ1) is 9.62. The van der Waals surface area contributed by atoms with E-state index in [-0.39, 0.29) is 5.97 Å². The van der Waals surface area contributed by atoms with Gasteiger partial charge in [0.15, 0.2) is 11.5 Å². The van der Waals surface area contributed by atoms with Crippen LogP contribution in [-0.2, 0) is 16.1 Å². The third-order valence-electron chi connectivity index (χ3n) is 2.64. The Morgan fingerprint density at radius 1 is 1.35 bits per heavy atom. The maximum atomic E-state index is 11.0. The SMILES string of the molecule is CCOc1c(Br)cc(CNCCC(=O)OC)cc1OC. The quantitative estimate of drug-likeness (QED) is 0.579. The second kappa shape index (κ2) is 8.81. The zero-order chi connectivity index (χ0) is 15.0. The van der Waals surface area contributed by atoms with Gasteiger partial charge < -0.3 is 19.5 Å². The highest BCUT2D eigenvalue weighted by Gasteiger charge is 2.11. The molecule has 0 atom stereocenters. The molecule has 5 nitrogen and oxygen atoms in total. The van der Waals surface area contributed by atoms with Gasteiger partial charge in [-0.15, -0.1) is 0 Å². The molecule has 1 rings (SSSR count). The molecule has 0 aliphatic heterocycles. The van der Waals surface area contributed by atoms with Crippen LogP contribution in [-0.4, -0.2) is 33.3 Å². The number of carbonyl (C=O) groups excluding carboxylic acids is 1. The first kappa shape index (κ1) is 16.8. The molecule has 0 saturated carbocycles. The fourth-order valence-electron chi connectivity index (χ4n) is 1.68. The summed E-state index contributed by atoms with van der Waals surface area (Å²) in [5.41, 5.74) is 1.04. The Balaban J connectivity index is 2.63. The number of methoxy groups -OCH3 is 2. The Bertz CT molecular complexity index is 451. The van der Waals surface area contributed by atoms with Crippen LogP contribution in [0, 0.1) is 0 Å². The first-order valence-corrected chi connectivity index (χ1v) is 7.18. The lowest BCUT2D eigenvalue weighted by molar-refractivity contribution is -0.140. The van der Waals surface area contributed by atoms with Crippen LogP contribution in [0.1, 0.15) is 18.9 Å². The summed E-state index contributed by atoms with van der Waals surface area (Å²) in [6.45, 7) is 3.71. The van der Waals surface area contributed by atoms with Crippen molar-refractivity contribution in [2.75, 3.05) is 27.4 Å². The molecule has 0 unspecified atom stereocenters. The third kappa shape index (κ3) is 5.02. The number of halogens is 1. The standard InChI is InChI=1S/C14H20BrNO4/c1-4-20-14-11(15)7-10(8-12(14)18-2)9-16-6-5-13(17)19-3/h7-8,16H,4-6,9H2,1-3H3. The summed E-state index contributed by atoms with van der Waals surface area (Å²) in [6.07, 6.45) is 0.353. The van der Waals surface area contributed by atoms with Gasteiger partial charge in [0, 0.05) is 13.1 Å². The predicted molar refractivity (Wildman–Crippen MR) is 80.2 cm³/mol. The molecular formula is C14H20BrNO4. The molecule has 0 spiro atoms.